The smallest absolute Gasteiger partial charge is 0.230 e. The number of thioether (sulfide) groups is 1. The maximum Gasteiger partial charge on any atom is 0.230 e. The molecule has 5 nitrogen and oxygen atoms in total. The molecule has 2 heterocycles. The summed E-state index contributed by atoms with van der Waals surface area (Å²) in [5.41, 5.74) is 3.74. The van der Waals surface area contributed by atoms with E-state index >= 15 is 0 Å². The van der Waals surface area contributed by atoms with Crippen LogP contribution in [-0.2, 0) is 4.79 Å². The second-order valence-electron chi connectivity index (χ2n) is 7.06. The van der Waals surface area contributed by atoms with Gasteiger partial charge in [0.05, 0.1) is 22.3 Å². The number of para-hydroxylation sites is 3. The van der Waals surface area contributed by atoms with E-state index in [4.69, 9.17) is 9.97 Å². The summed E-state index contributed by atoms with van der Waals surface area (Å²) in [5, 5.41) is 4.88. The molecule has 6 heteroatoms. The first-order chi connectivity index (χ1) is 13.3. The van der Waals surface area contributed by atoms with Gasteiger partial charge in [-0.1, -0.05) is 42.4 Å². The predicted molar refractivity (Wildman–Crippen MR) is 109 cm³/mol. The second kappa shape index (κ2) is 6.85. The van der Waals surface area contributed by atoms with Crippen LogP contribution in [0.5, 0.6) is 0 Å². The van der Waals surface area contributed by atoms with Gasteiger partial charge in [0.15, 0.2) is 5.16 Å². The summed E-state index contributed by atoms with van der Waals surface area (Å²) >= 11 is 1.47. The van der Waals surface area contributed by atoms with Gasteiger partial charge in [-0.25, -0.2) is 9.97 Å². The molecule has 1 aliphatic carbocycles. The first-order valence-corrected chi connectivity index (χ1v) is 10.3. The molecule has 0 radical (unpaired) electrons. The van der Waals surface area contributed by atoms with Crippen molar-refractivity contribution in [3.63, 3.8) is 0 Å². The van der Waals surface area contributed by atoms with Gasteiger partial charge >= 0.3 is 0 Å². The molecule has 1 N–H and O–H groups in total. The van der Waals surface area contributed by atoms with Crippen molar-refractivity contribution >= 4 is 45.3 Å². The Bertz CT molecular complexity index is 1150. The summed E-state index contributed by atoms with van der Waals surface area (Å²) in [5.74, 6) is 1.10. The SMILES string of the molecule is O=C(CSc1nc2ccccc2c2nc3ccccc3n12)NCC1CCC1. The Labute approximate surface area is 161 Å². The fourth-order valence-electron chi connectivity index (χ4n) is 3.55. The summed E-state index contributed by atoms with van der Waals surface area (Å²) in [6, 6.07) is 16.1. The molecule has 1 amide bonds. The van der Waals surface area contributed by atoms with Crippen LogP contribution in [0, 0.1) is 5.92 Å². The van der Waals surface area contributed by atoms with Gasteiger partial charge in [0.2, 0.25) is 5.91 Å². The zero-order chi connectivity index (χ0) is 18.2. The molecule has 1 saturated carbocycles. The highest BCUT2D eigenvalue weighted by atomic mass is 32.2. The maximum atomic E-state index is 12.3. The van der Waals surface area contributed by atoms with Crippen molar-refractivity contribution in [2.75, 3.05) is 12.3 Å². The number of nitrogens with one attached hydrogen (secondary N) is 1. The van der Waals surface area contributed by atoms with Crippen LogP contribution in [0.4, 0.5) is 0 Å². The van der Waals surface area contributed by atoms with Crippen molar-refractivity contribution in [2.24, 2.45) is 5.92 Å². The Morgan fingerprint density at radius 2 is 1.85 bits per heavy atom. The van der Waals surface area contributed by atoms with E-state index in [1.54, 1.807) is 0 Å². The van der Waals surface area contributed by atoms with Crippen LogP contribution < -0.4 is 5.32 Å². The van der Waals surface area contributed by atoms with Crippen molar-refractivity contribution in [1.82, 2.24) is 19.7 Å². The third kappa shape index (κ3) is 3.04. The van der Waals surface area contributed by atoms with Crippen LogP contribution in [0.25, 0.3) is 27.6 Å². The first-order valence-electron chi connectivity index (χ1n) is 9.35. The molecule has 1 aliphatic rings. The van der Waals surface area contributed by atoms with Crippen molar-refractivity contribution in [2.45, 2.75) is 24.4 Å². The molecule has 5 rings (SSSR count). The standard InChI is InChI=1S/C21H20N4OS/c26-19(22-12-14-6-5-7-14)13-27-21-24-16-9-2-1-8-15(16)20-23-17-10-3-4-11-18(17)25(20)21/h1-4,8-11,14H,5-7,12-13H2,(H,22,26). The highest BCUT2D eigenvalue weighted by Crippen LogP contribution is 2.29. The number of hydrogen-bond donors (Lipinski definition) is 1. The Balaban J connectivity index is 1.50. The second-order valence-corrected chi connectivity index (χ2v) is 8.00. The molecular weight excluding hydrogens is 356 g/mol. The molecule has 136 valence electrons. The summed E-state index contributed by atoms with van der Waals surface area (Å²) in [4.78, 5) is 21.9. The number of benzene rings is 2. The number of rotatable bonds is 5. The molecule has 0 unspecified atom stereocenters. The van der Waals surface area contributed by atoms with Gasteiger partial charge in [0, 0.05) is 11.9 Å². The highest BCUT2D eigenvalue weighted by molar-refractivity contribution is 7.99. The van der Waals surface area contributed by atoms with E-state index in [2.05, 4.69) is 9.72 Å². The van der Waals surface area contributed by atoms with Crippen LogP contribution >= 0.6 is 11.8 Å². The number of amides is 1. The van der Waals surface area contributed by atoms with Gasteiger partial charge < -0.3 is 5.32 Å². The van der Waals surface area contributed by atoms with Crippen molar-refractivity contribution < 1.29 is 4.79 Å². The van der Waals surface area contributed by atoms with E-state index in [1.165, 1.54) is 31.0 Å². The summed E-state index contributed by atoms with van der Waals surface area (Å²) in [6.07, 6.45) is 3.77. The summed E-state index contributed by atoms with van der Waals surface area (Å²) in [6.45, 7) is 0.800. The lowest BCUT2D eigenvalue weighted by atomic mass is 9.85. The van der Waals surface area contributed by atoms with Crippen LogP contribution in [-0.4, -0.2) is 32.6 Å². The third-order valence-corrected chi connectivity index (χ3v) is 6.20. The van der Waals surface area contributed by atoms with Gasteiger partial charge in [0.1, 0.15) is 5.65 Å². The Morgan fingerprint density at radius 3 is 2.67 bits per heavy atom. The minimum Gasteiger partial charge on any atom is -0.355 e. The van der Waals surface area contributed by atoms with Gasteiger partial charge in [-0.15, -0.1) is 0 Å². The number of hydrogen-bond acceptors (Lipinski definition) is 4. The molecule has 0 bridgehead atoms. The minimum atomic E-state index is 0.0689. The number of fused-ring (bicyclic) bond motifs is 5. The van der Waals surface area contributed by atoms with Crippen molar-refractivity contribution in [1.29, 1.82) is 0 Å². The van der Waals surface area contributed by atoms with E-state index in [-0.39, 0.29) is 5.91 Å². The normalized spacial score (nSPS) is 14.7. The average molecular weight is 376 g/mol. The first kappa shape index (κ1) is 16.6. The number of imidazole rings is 1. The summed E-state index contributed by atoms with van der Waals surface area (Å²) in [7, 11) is 0. The molecular formula is C21H20N4OS. The van der Waals surface area contributed by atoms with E-state index in [0.29, 0.717) is 11.7 Å². The Hall–Kier alpha value is -2.60. The fourth-order valence-corrected chi connectivity index (χ4v) is 4.39. The maximum absolute atomic E-state index is 12.3. The lowest BCUT2D eigenvalue weighted by Gasteiger charge is -2.25. The largest absolute Gasteiger partial charge is 0.355 e. The molecule has 0 spiro atoms. The van der Waals surface area contributed by atoms with E-state index in [0.717, 1.165) is 39.3 Å². The number of nitrogens with zero attached hydrogens (tertiary/aromatic N) is 3. The lowest BCUT2D eigenvalue weighted by molar-refractivity contribution is -0.118. The van der Waals surface area contributed by atoms with E-state index in [9.17, 15) is 4.79 Å². The molecule has 0 saturated heterocycles. The third-order valence-electron chi connectivity index (χ3n) is 5.26. The highest BCUT2D eigenvalue weighted by Gasteiger charge is 2.19. The zero-order valence-corrected chi connectivity index (χ0v) is 15.7. The molecule has 2 aromatic heterocycles. The zero-order valence-electron chi connectivity index (χ0n) is 14.9. The monoisotopic (exact) mass is 376 g/mol. The Kier molecular flexibility index (Phi) is 4.20. The molecule has 0 aliphatic heterocycles. The predicted octanol–water partition coefficient (Wildman–Crippen LogP) is 4.04. The molecule has 0 atom stereocenters. The average Bonchev–Trinajstić information content (AvgIpc) is 3.05. The van der Waals surface area contributed by atoms with E-state index < -0.39 is 0 Å². The van der Waals surface area contributed by atoms with Gasteiger partial charge in [-0.05, 0) is 43.0 Å². The van der Waals surface area contributed by atoms with Crippen LogP contribution in [0.3, 0.4) is 0 Å². The fraction of sp³-hybridized carbons (Fsp3) is 0.286. The lowest BCUT2D eigenvalue weighted by Crippen LogP contribution is -2.33. The molecule has 2 aromatic carbocycles. The van der Waals surface area contributed by atoms with Gasteiger partial charge in [-0.2, -0.15) is 0 Å². The molecule has 1 fully saturated rings. The Morgan fingerprint density at radius 1 is 1.07 bits per heavy atom. The number of aromatic nitrogens is 3. The van der Waals surface area contributed by atoms with Crippen LogP contribution in [0.15, 0.2) is 53.7 Å². The van der Waals surface area contributed by atoms with E-state index in [1.807, 2.05) is 48.5 Å². The minimum absolute atomic E-state index is 0.0689. The van der Waals surface area contributed by atoms with Gasteiger partial charge in [0.25, 0.3) is 0 Å². The van der Waals surface area contributed by atoms with Crippen LogP contribution in [0.1, 0.15) is 19.3 Å². The summed E-state index contributed by atoms with van der Waals surface area (Å²) < 4.78 is 2.07. The van der Waals surface area contributed by atoms with Gasteiger partial charge in [-0.3, -0.25) is 9.20 Å². The van der Waals surface area contributed by atoms with Crippen molar-refractivity contribution in [3.05, 3.63) is 48.5 Å². The molecule has 27 heavy (non-hydrogen) atoms. The topological polar surface area (TPSA) is 59.3 Å². The molecule has 4 aromatic rings. The number of carbonyl (C=O) groups is 1. The van der Waals surface area contributed by atoms with Crippen LogP contribution in [0.2, 0.25) is 0 Å². The quantitative estimate of drug-likeness (QED) is 0.422. The van der Waals surface area contributed by atoms with Crippen molar-refractivity contribution in [3.8, 4) is 0 Å². The number of carbonyl (C=O) groups excluding carboxylic acids is 1.